The fourth-order valence-corrected chi connectivity index (χ4v) is 3.63. The minimum Gasteiger partial charge on any atom is -0.321 e. The molecule has 5 nitrogen and oxygen atoms in total. The SMILES string of the molecule is CSCC[C@H](N)c1nnc2n1NC(c1ccc(Cl)c(C)c1)=CS2. The molecule has 0 amide bonds. The van der Waals surface area contributed by atoms with Gasteiger partial charge in [-0.1, -0.05) is 29.4 Å². The number of nitrogens with zero attached hydrogens (tertiary/aromatic N) is 3. The van der Waals surface area contributed by atoms with Gasteiger partial charge in [-0.25, -0.2) is 4.68 Å². The predicted octanol–water partition coefficient (Wildman–Crippen LogP) is 3.64. The number of nitrogens with two attached hydrogens (primary N) is 1. The highest BCUT2D eigenvalue weighted by atomic mass is 35.5. The first-order chi connectivity index (χ1) is 11.1. The first kappa shape index (κ1) is 16.7. The fourth-order valence-electron chi connectivity index (χ4n) is 2.28. The van der Waals surface area contributed by atoms with Crippen LogP contribution in [-0.4, -0.2) is 26.9 Å². The van der Waals surface area contributed by atoms with Gasteiger partial charge >= 0.3 is 0 Å². The number of aromatic nitrogens is 3. The van der Waals surface area contributed by atoms with Gasteiger partial charge in [0.15, 0.2) is 5.82 Å². The van der Waals surface area contributed by atoms with Gasteiger partial charge in [0.1, 0.15) is 0 Å². The van der Waals surface area contributed by atoms with Gasteiger partial charge in [0.2, 0.25) is 5.16 Å². The lowest BCUT2D eigenvalue weighted by atomic mass is 10.1. The molecule has 0 fully saturated rings. The number of hydrogen-bond acceptors (Lipinski definition) is 6. The van der Waals surface area contributed by atoms with Gasteiger partial charge in [0.25, 0.3) is 0 Å². The molecule has 0 radical (unpaired) electrons. The van der Waals surface area contributed by atoms with Crippen molar-refractivity contribution in [3.63, 3.8) is 0 Å². The monoisotopic (exact) mass is 367 g/mol. The van der Waals surface area contributed by atoms with Gasteiger partial charge in [0.05, 0.1) is 11.7 Å². The third kappa shape index (κ3) is 3.52. The summed E-state index contributed by atoms with van der Waals surface area (Å²) in [5.74, 6) is 1.76. The quantitative estimate of drug-likeness (QED) is 0.840. The third-order valence-corrected chi connectivity index (χ3v) is 5.50. The lowest BCUT2D eigenvalue weighted by Gasteiger charge is -2.21. The number of thioether (sulfide) groups is 2. The Hall–Kier alpha value is -1.15. The van der Waals surface area contributed by atoms with Crippen molar-refractivity contribution in [2.24, 2.45) is 5.73 Å². The van der Waals surface area contributed by atoms with E-state index in [1.54, 1.807) is 11.8 Å². The van der Waals surface area contributed by atoms with E-state index >= 15 is 0 Å². The second-order valence-corrected chi connectivity index (χ2v) is 7.52. The summed E-state index contributed by atoms with van der Waals surface area (Å²) in [7, 11) is 0. The molecule has 0 saturated carbocycles. The molecule has 1 aromatic heterocycles. The smallest absolute Gasteiger partial charge is 0.214 e. The summed E-state index contributed by atoms with van der Waals surface area (Å²) < 4.78 is 1.88. The zero-order chi connectivity index (χ0) is 16.4. The van der Waals surface area contributed by atoms with Gasteiger partial charge in [0, 0.05) is 16.0 Å². The molecule has 0 spiro atoms. The van der Waals surface area contributed by atoms with Crippen molar-refractivity contribution in [2.45, 2.75) is 24.5 Å². The Balaban J connectivity index is 1.84. The van der Waals surface area contributed by atoms with Crippen molar-refractivity contribution in [1.29, 1.82) is 0 Å². The molecular formula is C15H18ClN5S2. The largest absolute Gasteiger partial charge is 0.321 e. The highest BCUT2D eigenvalue weighted by Gasteiger charge is 2.22. The van der Waals surface area contributed by atoms with Crippen LogP contribution >= 0.6 is 35.1 Å². The van der Waals surface area contributed by atoms with Crippen LogP contribution in [0.4, 0.5) is 0 Å². The number of aryl methyl sites for hydroxylation is 1. The van der Waals surface area contributed by atoms with Crippen LogP contribution in [0.2, 0.25) is 5.02 Å². The third-order valence-electron chi connectivity index (χ3n) is 3.61. The molecule has 0 bridgehead atoms. The maximum absolute atomic E-state index is 6.25. The van der Waals surface area contributed by atoms with Crippen molar-refractivity contribution in [3.05, 3.63) is 45.6 Å². The molecule has 1 aliphatic rings. The number of nitrogens with one attached hydrogen (secondary N) is 1. The Kier molecular flexibility index (Phi) is 5.21. The van der Waals surface area contributed by atoms with Gasteiger partial charge in [-0.15, -0.1) is 10.2 Å². The average molecular weight is 368 g/mol. The number of fused-ring (bicyclic) bond motifs is 1. The van der Waals surface area contributed by atoms with Crippen LogP contribution in [0.15, 0.2) is 28.8 Å². The molecule has 3 rings (SSSR count). The lowest BCUT2D eigenvalue weighted by Crippen LogP contribution is -2.25. The van der Waals surface area contributed by atoms with Crippen molar-refractivity contribution in [3.8, 4) is 0 Å². The molecule has 23 heavy (non-hydrogen) atoms. The van der Waals surface area contributed by atoms with E-state index in [1.165, 1.54) is 11.8 Å². The second kappa shape index (κ2) is 7.17. The van der Waals surface area contributed by atoms with Gasteiger partial charge in [-0.05, 0) is 43.0 Å². The van der Waals surface area contributed by atoms with E-state index in [0.29, 0.717) is 0 Å². The van der Waals surface area contributed by atoms with E-state index in [4.69, 9.17) is 17.3 Å². The van der Waals surface area contributed by atoms with E-state index in [0.717, 1.165) is 45.0 Å². The van der Waals surface area contributed by atoms with Crippen LogP contribution in [0.3, 0.4) is 0 Å². The molecule has 2 aromatic rings. The molecule has 1 aromatic carbocycles. The normalized spacial score (nSPS) is 14.9. The summed E-state index contributed by atoms with van der Waals surface area (Å²) in [5, 5.41) is 12.1. The van der Waals surface area contributed by atoms with E-state index in [1.807, 2.05) is 29.1 Å². The maximum atomic E-state index is 6.25. The van der Waals surface area contributed by atoms with Crippen LogP contribution in [0.5, 0.6) is 0 Å². The summed E-state index contributed by atoms with van der Waals surface area (Å²) in [6.07, 6.45) is 2.94. The van der Waals surface area contributed by atoms with Crippen LogP contribution in [0, 0.1) is 6.92 Å². The van der Waals surface area contributed by atoms with Crippen molar-refractivity contribution >= 4 is 40.8 Å². The van der Waals surface area contributed by atoms with Crippen LogP contribution in [-0.2, 0) is 0 Å². The first-order valence-electron chi connectivity index (χ1n) is 7.20. The minimum absolute atomic E-state index is 0.136. The van der Waals surface area contributed by atoms with Gasteiger partial charge in [-0.2, -0.15) is 11.8 Å². The number of benzene rings is 1. The minimum atomic E-state index is -0.136. The molecule has 0 unspecified atom stereocenters. The topological polar surface area (TPSA) is 68.8 Å². The Morgan fingerprint density at radius 2 is 2.26 bits per heavy atom. The standard InChI is InChI=1S/C15H18ClN5S2/c1-9-7-10(3-4-11(9)16)13-8-23-15-19-18-14(21(15)20-13)12(17)5-6-22-2/h3-4,7-8,12,20H,5-6,17H2,1-2H3/t12-/m0/s1. The van der Waals surface area contributed by atoms with Crippen molar-refractivity contribution in [2.75, 3.05) is 17.4 Å². The Labute approximate surface area is 149 Å². The van der Waals surface area contributed by atoms with E-state index in [9.17, 15) is 0 Å². The molecule has 2 heterocycles. The molecular weight excluding hydrogens is 350 g/mol. The van der Waals surface area contributed by atoms with E-state index in [-0.39, 0.29) is 6.04 Å². The molecule has 3 N–H and O–H groups in total. The highest BCUT2D eigenvalue weighted by molar-refractivity contribution is 8.02. The summed E-state index contributed by atoms with van der Waals surface area (Å²) in [6.45, 7) is 2.00. The summed E-state index contributed by atoms with van der Waals surface area (Å²) in [4.78, 5) is 0. The molecule has 0 saturated heterocycles. The van der Waals surface area contributed by atoms with Gasteiger partial charge in [-0.3, -0.25) is 5.43 Å². The van der Waals surface area contributed by atoms with Crippen molar-refractivity contribution < 1.29 is 0 Å². The zero-order valence-electron chi connectivity index (χ0n) is 12.9. The number of halogens is 1. The van der Waals surface area contributed by atoms with Crippen LogP contribution in [0.25, 0.3) is 5.70 Å². The maximum Gasteiger partial charge on any atom is 0.214 e. The highest BCUT2D eigenvalue weighted by Crippen LogP contribution is 2.31. The first-order valence-corrected chi connectivity index (χ1v) is 9.85. The predicted molar refractivity (Wildman–Crippen MR) is 99.3 cm³/mol. The average Bonchev–Trinajstić information content (AvgIpc) is 2.98. The lowest BCUT2D eigenvalue weighted by molar-refractivity contribution is 0.617. The Bertz CT molecular complexity index is 743. The van der Waals surface area contributed by atoms with E-state index in [2.05, 4.69) is 27.9 Å². The fraction of sp³-hybridized carbons (Fsp3) is 0.333. The van der Waals surface area contributed by atoms with Crippen LogP contribution in [0.1, 0.15) is 29.4 Å². The van der Waals surface area contributed by atoms with Gasteiger partial charge < -0.3 is 5.73 Å². The summed E-state index contributed by atoms with van der Waals surface area (Å²) in [5.41, 5.74) is 12.7. The zero-order valence-corrected chi connectivity index (χ0v) is 15.3. The van der Waals surface area contributed by atoms with Crippen LogP contribution < -0.4 is 11.2 Å². The summed E-state index contributed by atoms with van der Waals surface area (Å²) >= 11 is 9.42. The second-order valence-electron chi connectivity index (χ2n) is 5.29. The molecule has 1 aliphatic heterocycles. The van der Waals surface area contributed by atoms with E-state index < -0.39 is 0 Å². The van der Waals surface area contributed by atoms with Crippen molar-refractivity contribution in [1.82, 2.24) is 14.9 Å². The number of hydrogen-bond donors (Lipinski definition) is 2. The Morgan fingerprint density at radius 3 is 3.00 bits per heavy atom. The molecule has 0 aliphatic carbocycles. The molecule has 8 heteroatoms. The Morgan fingerprint density at radius 1 is 1.43 bits per heavy atom. The molecule has 122 valence electrons. The molecule has 1 atom stereocenters. The summed E-state index contributed by atoms with van der Waals surface area (Å²) in [6, 6.07) is 5.83. The number of rotatable bonds is 5.